The van der Waals surface area contributed by atoms with E-state index in [1.807, 2.05) is 12.1 Å². The van der Waals surface area contributed by atoms with Crippen molar-refractivity contribution < 1.29 is 23.4 Å². The summed E-state index contributed by atoms with van der Waals surface area (Å²) in [6.45, 7) is 0.529. The van der Waals surface area contributed by atoms with Gasteiger partial charge < -0.3 is 18.6 Å². The molecule has 2 aromatic carbocycles. The molecular weight excluding hydrogens is 372 g/mol. The third-order valence-electron chi connectivity index (χ3n) is 4.67. The third kappa shape index (κ3) is 5.16. The normalized spacial score (nSPS) is 10.7. The maximum atomic E-state index is 12.8. The lowest BCUT2D eigenvalue weighted by molar-refractivity contribution is -0.140. The van der Waals surface area contributed by atoms with Crippen LogP contribution in [0.1, 0.15) is 25.7 Å². The Bertz CT molecular complexity index is 1020. The SMILES string of the molecule is COC(=O)CCCCCOc1ccc2c(=O)c(-c3ccc(OC)cc3)coc2c1. The summed E-state index contributed by atoms with van der Waals surface area (Å²) in [6.07, 6.45) is 4.38. The highest BCUT2D eigenvalue weighted by molar-refractivity contribution is 5.82. The van der Waals surface area contributed by atoms with Gasteiger partial charge in [0.2, 0.25) is 0 Å². The molecule has 0 unspecified atom stereocenters. The number of carbonyl (C=O) groups is 1. The lowest BCUT2D eigenvalue weighted by atomic mass is 10.1. The van der Waals surface area contributed by atoms with Crippen LogP contribution in [0.25, 0.3) is 22.1 Å². The van der Waals surface area contributed by atoms with Gasteiger partial charge in [-0.25, -0.2) is 0 Å². The molecule has 0 amide bonds. The number of rotatable bonds is 9. The Hall–Kier alpha value is -3.28. The first-order valence-electron chi connectivity index (χ1n) is 9.52. The van der Waals surface area contributed by atoms with Crippen molar-refractivity contribution in [2.45, 2.75) is 25.7 Å². The van der Waals surface area contributed by atoms with E-state index in [-0.39, 0.29) is 11.4 Å². The van der Waals surface area contributed by atoms with Gasteiger partial charge in [0.1, 0.15) is 23.3 Å². The lowest BCUT2D eigenvalue weighted by Crippen LogP contribution is -2.05. The monoisotopic (exact) mass is 396 g/mol. The fraction of sp³-hybridized carbons (Fsp3) is 0.304. The first-order valence-corrected chi connectivity index (χ1v) is 9.52. The molecule has 3 rings (SSSR count). The van der Waals surface area contributed by atoms with Crippen molar-refractivity contribution in [3.63, 3.8) is 0 Å². The molecular formula is C23H24O6. The molecule has 0 aliphatic carbocycles. The van der Waals surface area contributed by atoms with E-state index in [0.29, 0.717) is 35.3 Å². The molecule has 0 radical (unpaired) electrons. The summed E-state index contributed by atoms with van der Waals surface area (Å²) in [5.41, 5.74) is 1.66. The summed E-state index contributed by atoms with van der Waals surface area (Å²) in [6, 6.07) is 12.5. The predicted molar refractivity (Wildman–Crippen MR) is 110 cm³/mol. The highest BCUT2D eigenvalue weighted by Gasteiger charge is 2.10. The van der Waals surface area contributed by atoms with Crippen LogP contribution in [0, 0.1) is 0 Å². The van der Waals surface area contributed by atoms with Crippen molar-refractivity contribution in [3.05, 3.63) is 59.0 Å². The quantitative estimate of drug-likeness (QED) is 0.389. The highest BCUT2D eigenvalue weighted by atomic mass is 16.5. The summed E-state index contributed by atoms with van der Waals surface area (Å²) in [7, 11) is 2.99. The average Bonchev–Trinajstić information content (AvgIpc) is 2.76. The van der Waals surface area contributed by atoms with E-state index in [4.69, 9.17) is 13.9 Å². The molecule has 0 bridgehead atoms. The highest BCUT2D eigenvalue weighted by Crippen LogP contribution is 2.24. The van der Waals surface area contributed by atoms with Gasteiger partial charge in [-0.1, -0.05) is 12.1 Å². The molecule has 0 aliphatic rings. The molecule has 0 saturated heterocycles. The van der Waals surface area contributed by atoms with Crippen molar-refractivity contribution >= 4 is 16.9 Å². The first-order chi connectivity index (χ1) is 14.1. The Labute approximate surface area is 169 Å². The second-order valence-corrected chi connectivity index (χ2v) is 6.60. The number of unbranched alkanes of at least 4 members (excludes halogenated alkanes) is 2. The molecule has 6 nitrogen and oxygen atoms in total. The topological polar surface area (TPSA) is 75.0 Å². The van der Waals surface area contributed by atoms with Gasteiger partial charge in [0.15, 0.2) is 5.43 Å². The number of benzene rings is 2. The molecule has 0 fully saturated rings. The van der Waals surface area contributed by atoms with Crippen LogP contribution in [0.4, 0.5) is 0 Å². The minimum Gasteiger partial charge on any atom is -0.497 e. The predicted octanol–water partition coefficient (Wildman–Crippen LogP) is 4.58. The van der Waals surface area contributed by atoms with E-state index in [1.165, 1.54) is 13.4 Å². The number of esters is 1. The number of carbonyl (C=O) groups excluding carboxylic acids is 1. The standard InChI is InChI=1S/C23H24O6/c1-26-17-9-7-16(8-10-17)20-15-29-21-14-18(11-12-19(21)23(20)25)28-13-5-3-4-6-22(24)27-2/h7-12,14-15H,3-6,13H2,1-2H3. The molecule has 0 atom stereocenters. The second kappa shape index (κ2) is 9.78. The van der Waals surface area contributed by atoms with Crippen LogP contribution in [0.15, 0.2) is 57.9 Å². The first kappa shape index (κ1) is 20.5. The van der Waals surface area contributed by atoms with E-state index in [2.05, 4.69) is 4.74 Å². The summed E-state index contributed by atoms with van der Waals surface area (Å²) in [5, 5.41) is 0.503. The third-order valence-corrected chi connectivity index (χ3v) is 4.67. The zero-order chi connectivity index (χ0) is 20.6. The summed E-state index contributed by atoms with van der Waals surface area (Å²) < 4.78 is 21.2. The van der Waals surface area contributed by atoms with Gasteiger partial charge >= 0.3 is 5.97 Å². The largest absolute Gasteiger partial charge is 0.497 e. The smallest absolute Gasteiger partial charge is 0.305 e. The molecule has 0 aliphatic heterocycles. The van der Waals surface area contributed by atoms with Crippen LogP contribution in [-0.4, -0.2) is 26.8 Å². The van der Waals surface area contributed by atoms with Crippen LogP contribution in [0.3, 0.4) is 0 Å². The molecule has 3 aromatic rings. The van der Waals surface area contributed by atoms with Crippen LogP contribution < -0.4 is 14.9 Å². The number of methoxy groups -OCH3 is 2. The van der Waals surface area contributed by atoms with Crippen LogP contribution in [-0.2, 0) is 9.53 Å². The molecule has 0 N–H and O–H groups in total. The maximum Gasteiger partial charge on any atom is 0.305 e. The second-order valence-electron chi connectivity index (χ2n) is 6.60. The zero-order valence-electron chi connectivity index (χ0n) is 16.6. The van der Waals surface area contributed by atoms with Crippen LogP contribution in [0.2, 0.25) is 0 Å². The van der Waals surface area contributed by atoms with Gasteiger partial charge in [0.05, 0.1) is 31.8 Å². The zero-order valence-corrected chi connectivity index (χ0v) is 16.6. The Morgan fingerprint density at radius 2 is 1.72 bits per heavy atom. The van der Waals surface area contributed by atoms with Crippen molar-refractivity contribution in [1.29, 1.82) is 0 Å². The number of fused-ring (bicyclic) bond motifs is 1. The Morgan fingerprint density at radius 3 is 2.45 bits per heavy atom. The van der Waals surface area contributed by atoms with Gasteiger partial charge in [-0.05, 0) is 49.1 Å². The van der Waals surface area contributed by atoms with Gasteiger partial charge in [0.25, 0.3) is 0 Å². The minimum atomic E-state index is -0.190. The molecule has 1 aromatic heterocycles. The molecule has 1 heterocycles. The summed E-state index contributed by atoms with van der Waals surface area (Å²) in [5.74, 6) is 1.18. The molecule has 0 spiro atoms. The van der Waals surface area contributed by atoms with Crippen molar-refractivity contribution in [2.75, 3.05) is 20.8 Å². The van der Waals surface area contributed by atoms with Gasteiger partial charge in [0, 0.05) is 12.5 Å². The summed E-state index contributed by atoms with van der Waals surface area (Å²) in [4.78, 5) is 23.9. The number of hydrogen-bond acceptors (Lipinski definition) is 6. The Balaban J connectivity index is 1.65. The number of hydrogen-bond donors (Lipinski definition) is 0. The van der Waals surface area contributed by atoms with E-state index in [9.17, 15) is 9.59 Å². The van der Waals surface area contributed by atoms with Gasteiger partial charge in [-0.15, -0.1) is 0 Å². The van der Waals surface area contributed by atoms with E-state index in [1.54, 1.807) is 37.4 Å². The minimum absolute atomic E-state index is 0.0919. The molecule has 6 heteroatoms. The molecule has 0 saturated carbocycles. The Morgan fingerprint density at radius 1 is 0.966 bits per heavy atom. The van der Waals surface area contributed by atoms with Gasteiger partial charge in [-0.3, -0.25) is 9.59 Å². The molecule has 152 valence electrons. The lowest BCUT2D eigenvalue weighted by Gasteiger charge is -2.08. The Kier molecular flexibility index (Phi) is 6.89. The van der Waals surface area contributed by atoms with Crippen LogP contribution >= 0.6 is 0 Å². The fourth-order valence-corrected chi connectivity index (χ4v) is 3.01. The average molecular weight is 396 g/mol. The molecule has 29 heavy (non-hydrogen) atoms. The van der Waals surface area contributed by atoms with E-state index < -0.39 is 0 Å². The van der Waals surface area contributed by atoms with Crippen LogP contribution in [0.5, 0.6) is 11.5 Å². The fourth-order valence-electron chi connectivity index (χ4n) is 3.01. The van der Waals surface area contributed by atoms with Crippen molar-refractivity contribution in [2.24, 2.45) is 0 Å². The van der Waals surface area contributed by atoms with E-state index in [0.717, 1.165) is 30.6 Å². The van der Waals surface area contributed by atoms with Gasteiger partial charge in [-0.2, -0.15) is 0 Å². The number of ether oxygens (including phenoxy) is 3. The van der Waals surface area contributed by atoms with Crippen molar-refractivity contribution in [1.82, 2.24) is 0 Å². The van der Waals surface area contributed by atoms with E-state index >= 15 is 0 Å². The van der Waals surface area contributed by atoms with Crippen molar-refractivity contribution in [3.8, 4) is 22.6 Å². The summed E-state index contributed by atoms with van der Waals surface area (Å²) >= 11 is 0. The maximum absolute atomic E-state index is 12.8.